The maximum Gasteiger partial charge on any atom is 0.313 e. The Bertz CT molecular complexity index is 520. The highest BCUT2D eigenvalue weighted by atomic mass is 16.5. The van der Waals surface area contributed by atoms with Crippen LogP contribution in [0.25, 0.3) is 0 Å². The number of hydrogen-bond acceptors (Lipinski definition) is 3. The van der Waals surface area contributed by atoms with E-state index in [4.69, 9.17) is 4.74 Å². The van der Waals surface area contributed by atoms with Crippen molar-refractivity contribution in [2.24, 2.45) is 0 Å². The summed E-state index contributed by atoms with van der Waals surface area (Å²) in [6.07, 6.45) is 2.68. The first-order valence-corrected chi connectivity index (χ1v) is 7.20. The molecule has 2 N–H and O–H groups in total. The summed E-state index contributed by atoms with van der Waals surface area (Å²) < 4.78 is 5.21. The predicted octanol–water partition coefficient (Wildman–Crippen LogP) is 2.97. The molecule has 0 aliphatic heterocycles. The highest BCUT2D eigenvalue weighted by molar-refractivity contribution is 5.90. The standard InChI is InChI=1S/C17H23NO4/c1-4-11-22-12-5-6-15(19)18-14-9-7-13(8-10-14)17(2,3)16(20)21/h4,7-10H,1,5-6,11-12H2,2-3H3,(H,18,19)(H,20,21). The van der Waals surface area contributed by atoms with Gasteiger partial charge in [0.25, 0.3) is 0 Å². The second-order valence-electron chi connectivity index (χ2n) is 5.52. The zero-order chi connectivity index (χ0) is 16.6. The molecule has 1 aromatic rings. The van der Waals surface area contributed by atoms with Crippen molar-refractivity contribution >= 4 is 17.6 Å². The highest BCUT2D eigenvalue weighted by Crippen LogP contribution is 2.24. The van der Waals surface area contributed by atoms with Gasteiger partial charge in [-0.3, -0.25) is 9.59 Å². The van der Waals surface area contributed by atoms with E-state index < -0.39 is 11.4 Å². The number of rotatable bonds is 9. The molecule has 22 heavy (non-hydrogen) atoms. The van der Waals surface area contributed by atoms with Gasteiger partial charge in [-0.15, -0.1) is 6.58 Å². The second-order valence-corrected chi connectivity index (χ2v) is 5.52. The van der Waals surface area contributed by atoms with Crippen LogP contribution in [-0.2, 0) is 19.7 Å². The van der Waals surface area contributed by atoms with Gasteiger partial charge < -0.3 is 15.2 Å². The lowest BCUT2D eigenvalue weighted by atomic mass is 9.85. The minimum atomic E-state index is -0.953. The molecule has 0 bridgehead atoms. The van der Waals surface area contributed by atoms with Crippen molar-refractivity contribution in [1.82, 2.24) is 0 Å². The summed E-state index contributed by atoms with van der Waals surface area (Å²) in [6, 6.07) is 6.87. The summed E-state index contributed by atoms with van der Waals surface area (Å²) in [6.45, 7) is 7.84. The molecule has 0 aromatic heterocycles. The van der Waals surface area contributed by atoms with Crippen LogP contribution < -0.4 is 5.32 Å². The van der Waals surface area contributed by atoms with Crippen molar-refractivity contribution < 1.29 is 19.4 Å². The van der Waals surface area contributed by atoms with Gasteiger partial charge in [-0.2, -0.15) is 0 Å². The fraction of sp³-hybridized carbons (Fsp3) is 0.412. The Kier molecular flexibility index (Phi) is 6.79. The fourth-order valence-electron chi connectivity index (χ4n) is 1.82. The van der Waals surface area contributed by atoms with Crippen molar-refractivity contribution in [3.8, 4) is 0 Å². The van der Waals surface area contributed by atoms with Gasteiger partial charge in [-0.1, -0.05) is 18.2 Å². The van der Waals surface area contributed by atoms with Crippen molar-refractivity contribution in [3.63, 3.8) is 0 Å². The molecule has 0 atom stereocenters. The van der Waals surface area contributed by atoms with Crippen LogP contribution in [0.4, 0.5) is 5.69 Å². The summed E-state index contributed by atoms with van der Waals surface area (Å²) >= 11 is 0. The number of carbonyl (C=O) groups is 2. The topological polar surface area (TPSA) is 75.6 Å². The van der Waals surface area contributed by atoms with Crippen LogP contribution in [0.5, 0.6) is 0 Å². The first-order chi connectivity index (χ1) is 10.4. The summed E-state index contributed by atoms with van der Waals surface area (Å²) in [7, 11) is 0. The smallest absolute Gasteiger partial charge is 0.313 e. The average Bonchev–Trinajstić information content (AvgIpc) is 2.47. The molecule has 5 nitrogen and oxygen atoms in total. The van der Waals surface area contributed by atoms with Crippen molar-refractivity contribution in [2.75, 3.05) is 18.5 Å². The van der Waals surface area contributed by atoms with Gasteiger partial charge in [0.15, 0.2) is 0 Å². The molecule has 1 amide bonds. The van der Waals surface area contributed by atoms with E-state index in [1.165, 1.54) is 0 Å². The molecule has 0 aliphatic carbocycles. The van der Waals surface area contributed by atoms with Crippen molar-refractivity contribution in [2.45, 2.75) is 32.1 Å². The van der Waals surface area contributed by atoms with E-state index in [1.54, 1.807) is 44.2 Å². The number of ether oxygens (including phenoxy) is 1. The first kappa shape index (κ1) is 17.9. The SMILES string of the molecule is C=CCOCCCC(=O)Nc1ccc(C(C)(C)C(=O)O)cc1. The van der Waals surface area contributed by atoms with E-state index in [0.29, 0.717) is 37.3 Å². The lowest BCUT2D eigenvalue weighted by molar-refractivity contribution is -0.142. The molecule has 0 radical (unpaired) electrons. The summed E-state index contributed by atoms with van der Waals surface area (Å²) in [5, 5.41) is 12.0. The molecule has 5 heteroatoms. The van der Waals surface area contributed by atoms with Gasteiger partial charge >= 0.3 is 5.97 Å². The number of aliphatic carboxylic acids is 1. The lowest BCUT2D eigenvalue weighted by Gasteiger charge is -2.19. The molecule has 120 valence electrons. The molecule has 0 unspecified atom stereocenters. The van der Waals surface area contributed by atoms with Crippen LogP contribution in [0.15, 0.2) is 36.9 Å². The third kappa shape index (κ3) is 5.33. The van der Waals surface area contributed by atoms with Crippen LogP contribution in [0.1, 0.15) is 32.3 Å². The third-order valence-corrected chi connectivity index (χ3v) is 3.35. The molecule has 1 rings (SSSR count). The Morgan fingerprint density at radius 2 is 1.95 bits per heavy atom. The van der Waals surface area contributed by atoms with Crippen LogP contribution in [0.2, 0.25) is 0 Å². The van der Waals surface area contributed by atoms with Crippen LogP contribution in [0.3, 0.4) is 0 Å². The lowest BCUT2D eigenvalue weighted by Crippen LogP contribution is -2.28. The zero-order valence-electron chi connectivity index (χ0n) is 13.1. The van der Waals surface area contributed by atoms with E-state index in [0.717, 1.165) is 0 Å². The van der Waals surface area contributed by atoms with Crippen molar-refractivity contribution in [1.29, 1.82) is 0 Å². The molecule has 0 aliphatic rings. The molecule has 0 heterocycles. The van der Waals surface area contributed by atoms with Gasteiger partial charge in [-0.25, -0.2) is 0 Å². The molecular formula is C17H23NO4. The van der Waals surface area contributed by atoms with E-state index >= 15 is 0 Å². The number of carboxylic acids is 1. The monoisotopic (exact) mass is 305 g/mol. The van der Waals surface area contributed by atoms with E-state index in [2.05, 4.69) is 11.9 Å². The molecule has 0 fully saturated rings. The minimum Gasteiger partial charge on any atom is -0.481 e. The van der Waals surface area contributed by atoms with Crippen molar-refractivity contribution in [3.05, 3.63) is 42.5 Å². The number of carboxylic acid groups (broad SMARTS) is 1. The number of benzene rings is 1. The van der Waals surface area contributed by atoms with E-state index in [9.17, 15) is 14.7 Å². The van der Waals surface area contributed by atoms with Crippen LogP contribution >= 0.6 is 0 Å². The quantitative estimate of drug-likeness (QED) is 0.543. The molecule has 0 saturated heterocycles. The largest absolute Gasteiger partial charge is 0.481 e. The molecule has 1 aromatic carbocycles. The summed E-state index contributed by atoms with van der Waals surface area (Å²) in [5.41, 5.74) is 0.392. The molecule has 0 spiro atoms. The maximum absolute atomic E-state index is 11.8. The summed E-state index contributed by atoms with van der Waals surface area (Å²) in [4.78, 5) is 22.9. The minimum absolute atomic E-state index is 0.0903. The zero-order valence-corrected chi connectivity index (χ0v) is 13.1. The Morgan fingerprint density at radius 3 is 2.50 bits per heavy atom. The normalized spacial score (nSPS) is 11.0. The van der Waals surface area contributed by atoms with Crippen LogP contribution in [0, 0.1) is 0 Å². The third-order valence-electron chi connectivity index (χ3n) is 3.35. The molecular weight excluding hydrogens is 282 g/mol. The number of anilines is 1. The number of hydrogen-bond donors (Lipinski definition) is 2. The van der Waals surface area contributed by atoms with E-state index in [-0.39, 0.29) is 5.91 Å². The predicted molar refractivity (Wildman–Crippen MR) is 86.0 cm³/mol. The van der Waals surface area contributed by atoms with Gasteiger partial charge in [0.05, 0.1) is 12.0 Å². The van der Waals surface area contributed by atoms with E-state index in [1.807, 2.05) is 0 Å². The van der Waals surface area contributed by atoms with Gasteiger partial charge in [0.2, 0.25) is 5.91 Å². The van der Waals surface area contributed by atoms with Crippen LogP contribution in [-0.4, -0.2) is 30.2 Å². The van der Waals surface area contributed by atoms with Gasteiger partial charge in [0.1, 0.15) is 0 Å². The Labute approximate surface area is 131 Å². The maximum atomic E-state index is 11.8. The average molecular weight is 305 g/mol. The molecule has 0 saturated carbocycles. The number of amides is 1. The summed E-state index contributed by atoms with van der Waals surface area (Å²) in [5.74, 6) is -0.976. The Hall–Kier alpha value is -2.14. The number of carbonyl (C=O) groups excluding carboxylic acids is 1. The Morgan fingerprint density at radius 1 is 1.32 bits per heavy atom. The fourth-order valence-corrected chi connectivity index (χ4v) is 1.82. The Balaban J connectivity index is 2.49. The van der Waals surface area contributed by atoms with Gasteiger partial charge in [-0.05, 0) is 38.0 Å². The number of nitrogens with one attached hydrogen (secondary N) is 1. The highest BCUT2D eigenvalue weighted by Gasteiger charge is 2.29. The first-order valence-electron chi connectivity index (χ1n) is 7.20. The second kappa shape index (κ2) is 8.34. The van der Waals surface area contributed by atoms with Gasteiger partial charge in [0, 0.05) is 18.7 Å².